The molecule has 1 atom stereocenters. The minimum Gasteiger partial charge on any atom is -0.377 e. The topological polar surface area (TPSA) is 80.5 Å². The molecule has 1 aromatic rings. The summed E-state index contributed by atoms with van der Waals surface area (Å²) >= 11 is 5.85. The lowest BCUT2D eigenvalue weighted by Crippen LogP contribution is -2.47. The van der Waals surface area contributed by atoms with Crippen molar-refractivity contribution in [2.45, 2.75) is 13.0 Å². The Morgan fingerprint density at radius 2 is 2.44 bits per heavy atom. The van der Waals surface area contributed by atoms with Crippen LogP contribution >= 0.6 is 11.6 Å². The van der Waals surface area contributed by atoms with Crippen LogP contribution in [0.1, 0.15) is 17.3 Å². The Morgan fingerprint density at radius 1 is 1.67 bits per heavy atom. The van der Waals surface area contributed by atoms with Gasteiger partial charge in [-0.3, -0.25) is 4.79 Å². The van der Waals surface area contributed by atoms with Crippen molar-refractivity contribution in [2.24, 2.45) is 5.84 Å². The lowest BCUT2D eigenvalue weighted by Gasteiger charge is -2.33. The molecular formula is C11H15ClN4O2. The molecule has 6 nitrogen and oxygen atoms in total. The molecule has 3 N–H and O–H groups in total. The number of carbonyl (C=O) groups is 1. The molecule has 0 saturated carbocycles. The smallest absolute Gasteiger partial charge is 0.254 e. The number of ether oxygens (including phenoxy) is 1. The Morgan fingerprint density at radius 3 is 3.11 bits per heavy atom. The zero-order chi connectivity index (χ0) is 13.1. The van der Waals surface area contributed by atoms with Gasteiger partial charge in [0.25, 0.3) is 5.91 Å². The summed E-state index contributed by atoms with van der Waals surface area (Å²) in [5, 5.41) is 0.231. The number of anilines is 1. The number of rotatable bonds is 2. The normalized spacial score (nSPS) is 19.7. The SMILES string of the molecule is CC1COCCN1C(=O)c1cc(Cl)nc(NN)c1. The fraction of sp³-hybridized carbons (Fsp3) is 0.455. The fourth-order valence-electron chi connectivity index (χ4n) is 1.89. The van der Waals surface area contributed by atoms with E-state index in [0.717, 1.165) is 0 Å². The minimum absolute atomic E-state index is 0.0486. The molecule has 1 aliphatic rings. The van der Waals surface area contributed by atoms with Crippen LogP contribution in [-0.4, -0.2) is 41.6 Å². The van der Waals surface area contributed by atoms with Crippen LogP contribution in [0, 0.1) is 0 Å². The highest BCUT2D eigenvalue weighted by Gasteiger charge is 2.25. The lowest BCUT2D eigenvalue weighted by molar-refractivity contribution is 0.00359. The van der Waals surface area contributed by atoms with E-state index in [1.807, 2.05) is 6.92 Å². The summed E-state index contributed by atoms with van der Waals surface area (Å²) in [7, 11) is 0. The standard InChI is InChI=1S/C11H15ClN4O2/c1-7-6-18-3-2-16(7)11(17)8-4-9(12)14-10(5-8)15-13/h4-5,7H,2-3,6,13H2,1H3,(H,14,15). The van der Waals surface area contributed by atoms with Gasteiger partial charge in [0.15, 0.2) is 0 Å². The summed E-state index contributed by atoms with van der Waals surface area (Å²) < 4.78 is 5.30. The van der Waals surface area contributed by atoms with E-state index in [1.54, 1.807) is 11.0 Å². The van der Waals surface area contributed by atoms with Gasteiger partial charge in [0.1, 0.15) is 11.0 Å². The second-order valence-corrected chi connectivity index (χ2v) is 4.52. The molecule has 0 aromatic carbocycles. The number of amides is 1. The molecule has 1 aliphatic heterocycles. The number of nitrogen functional groups attached to an aromatic ring is 1. The molecule has 1 saturated heterocycles. The zero-order valence-electron chi connectivity index (χ0n) is 10.0. The molecule has 98 valence electrons. The number of carbonyl (C=O) groups excluding carboxylic acids is 1. The van der Waals surface area contributed by atoms with Crippen molar-refractivity contribution >= 4 is 23.3 Å². The third-order valence-electron chi connectivity index (χ3n) is 2.82. The predicted octanol–water partition coefficient (Wildman–Crippen LogP) is 0.881. The number of aromatic nitrogens is 1. The van der Waals surface area contributed by atoms with E-state index in [2.05, 4.69) is 10.4 Å². The van der Waals surface area contributed by atoms with Crippen molar-refractivity contribution in [1.29, 1.82) is 0 Å². The Labute approximate surface area is 110 Å². The quantitative estimate of drug-likeness (QED) is 0.474. The van der Waals surface area contributed by atoms with Crippen LogP contribution in [0.15, 0.2) is 12.1 Å². The van der Waals surface area contributed by atoms with Crippen molar-refractivity contribution < 1.29 is 9.53 Å². The van der Waals surface area contributed by atoms with Gasteiger partial charge in [-0.2, -0.15) is 0 Å². The molecule has 0 spiro atoms. The van der Waals surface area contributed by atoms with Gasteiger partial charge in [0.05, 0.1) is 19.3 Å². The molecule has 1 aromatic heterocycles. The van der Waals surface area contributed by atoms with E-state index >= 15 is 0 Å². The fourth-order valence-corrected chi connectivity index (χ4v) is 2.10. The van der Waals surface area contributed by atoms with Gasteiger partial charge in [0.2, 0.25) is 0 Å². The highest BCUT2D eigenvalue weighted by molar-refractivity contribution is 6.29. The Kier molecular flexibility index (Phi) is 4.00. The number of nitrogens with two attached hydrogens (primary N) is 1. The number of hydrazine groups is 1. The summed E-state index contributed by atoms with van der Waals surface area (Å²) in [5.74, 6) is 5.55. The van der Waals surface area contributed by atoms with Gasteiger partial charge in [-0.25, -0.2) is 10.8 Å². The van der Waals surface area contributed by atoms with Crippen LogP contribution in [0.3, 0.4) is 0 Å². The van der Waals surface area contributed by atoms with E-state index in [-0.39, 0.29) is 17.1 Å². The first-order chi connectivity index (χ1) is 8.61. The molecule has 2 heterocycles. The average molecular weight is 271 g/mol. The van der Waals surface area contributed by atoms with E-state index in [4.69, 9.17) is 22.2 Å². The lowest BCUT2D eigenvalue weighted by atomic mass is 10.2. The third-order valence-corrected chi connectivity index (χ3v) is 3.01. The maximum absolute atomic E-state index is 12.3. The number of nitrogens with one attached hydrogen (secondary N) is 1. The van der Waals surface area contributed by atoms with Gasteiger partial charge in [-0.1, -0.05) is 11.6 Å². The van der Waals surface area contributed by atoms with Gasteiger partial charge < -0.3 is 15.1 Å². The van der Waals surface area contributed by atoms with Crippen molar-refractivity contribution in [2.75, 3.05) is 25.2 Å². The number of nitrogens with zero attached hydrogens (tertiary/aromatic N) is 2. The van der Waals surface area contributed by atoms with E-state index < -0.39 is 0 Å². The molecule has 0 aliphatic carbocycles. The van der Waals surface area contributed by atoms with Crippen LogP contribution in [0.4, 0.5) is 5.82 Å². The number of morpholine rings is 1. The van der Waals surface area contributed by atoms with Gasteiger partial charge in [-0.15, -0.1) is 0 Å². The van der Waals surface area contributed by atoms with Gasteiger partial charge in [-0.05, 0) is 19.1 Å². The van der Waals surface area contributed by atoms with Crippen molar-refractivity contribution in [3.63, 3.8) is 0 Å². The molecule has 1 fully saturated rings. The molecule has 0 radical (unpaired) electrons. The average Bonchev–Trinajstić information content (AvgIpc) is 2.37. The van der Waals surface area contributed by atoms with Crippen molar-refractivity contribution in [3.05, 3.63) is 22.8 Å². The van der Waals surface area contributed by atoms with E-state index in [0.29, 0.717) is 31.1 Å². The maximum Gasteiger partial charge on any atom is 0.254 e. The van der Waals surface area contributed by atoms with Crippen molar-refractivity contribution in [1.82, 2.24) is 9.88 Å². The zero-order valence-corrected chi connectivity index (χ0v) is 10.8. The van der Waals surface area contributed by atoms with Crippen LogP contribution in [0.2, 0.25) is 5.15 Å². The van der Waals surface area contributed by atoms with E-state index in [9.17, 15) is 4.79 Å². The first-order valence-corrected chi connectivity index (χ1v) is 6.02. The minimum atomic E-state index is -0.0911. The molecule has 18 heavy (non-hydrogen) atoms. The second-order valence-electron chi connectivity index (χ2n) is 4.13. The van der Waals surface area contributed by atoms with Gasteiger partial charge in [0, 0.05) is 12.1 Å². The summed E-state index contributed by atoms with van der Waals surface area (Å²) in [5.41, 5.74) is 2.86. The first kappa shape index (κ1) is 13.1. The van der Waals surface area contributed by atoms with Crippen LogP contribution in [-0.2, 0) is 4.74 Å². The van der Waals surface area contributed by atoms with Crippen molar-refractivity contribution in [3.8, 4) is 0 Å². The number of halogens is 1. The molecular weight excluding hydrogens is 256 g/mol. The monoisotopic (exact) mass is 270 g/mol. The second kappa shape index (κ2) is 5.51. The summed E-state index contributed by atoms with van der Waals surface area (Å²) in [6.45, 7) is 3.62. The molecule has 2 rings (SSSR count). The van der Waals surface area contributed by atoms with Crippen LogP contribution < -0.4 is 11.3 Å². The highest BCUT2D eigenvalue weighted by atomic mass is 35.5. The van der Waals surface area contributed by atoms with E-state index in [1.165, 1.54) is 6.07 Å². The molecule has 7 heteroatoms. The summed E-state index contributed by atoms with van der Waals surface area (Å²) in [6.07, 6.45) is 0. The first-order valence-electron chi connectivity index (χ1n) is 5.64. The number of pyridine rings is 1. The Hall–Kier alpha value is -1.37. The van der Waals surface area contributed by atoms with Crippen LogP contribution in [0.25, 0.3) is 0 Å². The largest absolute Gasteiger partial charge is 0.377 e. The Bertz CT molecular complexity index is 455. The highest BCUT2D eigenvalue weighted by Crippen LogP contribution is 2.18. The maximum atomic E-state index is 12.3. The third kappa shape index (κ3) is 2.72. The summed E-state index contributed by atoms with van der Waals surface area (Å²) in [4.78, 5) is 18.0. The molecule has 1 unspecified atom stereocenters. The molecule has 0 bridgehead atoms. The molecule has 1 amide bonds. The number of hydrogen-bond acceptors (Lipinski definition) is 5. The Balaban J connectivity index is 2.24. The summed E-state index contributed by atoms with van der Waals surface area (Å²) in [6, 6.07) is 3.16. The number of hydrogen-bond donors (Lipinski definition) is 2. The predicted molar refractivity (Wildman–Crippen MR) is 68.4 cm³/mol. The van der Waals surface area contributed by atoms with Gasteiger partial charge >= 0.3 is 0 Å². The van der Waals surface area contributed by atoms with Crippen LogP contribution in [0.5, 0.6) is 0 Å².